The number of ether oxygens (including phenoxy) is 2. The van der Waals surface area contributed by atoms with Gasteiger partial charge in [0.05, 0.1) is 12.7 Å². The third-order valence-corrected chi connectivity index (χ3v) is 4.54. The minimum atomic E-state index is -1.97. The molecule has 25 heavy (non-hydrogen) atoms. The number of hydrogen-bond donors (Lipinski definition) is 0. The van der Waals surface area contributed by atoms with Crippen LogP contribution in [0.3, 0.4) is 0 Å². The Hall–Kier alpha value is -0.620. The first-order chi connectivity index (χ1) is 11.7. The summed E-state index contributed by atoms with van der Waals surface area (Å²) in [7, 11) is 1.31. The van der Waals surface area contributed by atoms with Gasteiger partial charge in [-0.05, 0) is 17.7 Å². The van der Waals surface area contributed by atoms with E-state index in [0.717, 1.165) is 5.56 Å². The number of aromatic nitrogens is 1. The molecule has 2 rings (SSSR count). The highest BCUT2D eigenvalue weighted by atomic mass is 35.6. The van der Waals surface area contributed by atoms with Crippen molar-refractivity contribution in [1.29, 1.82) is 0 Å². The average molecular weight is 464 g/mol. The zero-order valence-electron chi connectivity index (χ0n) is 12.5. The van der Waals surface area contributed by atoms with E-state index in [0.29, 0.717) is 5.88 Å². The number of methoxy groups -OCH3 is 1. The molecule has 2 aromatic rings. The Labute approximate surface area is 173 Å². The van der Waals surface area contributed by atoms with Crippen LogP contribution in [0, 0.1) is 0 Å². The van der Waals surface area contributed by atoms with Gasteiger partial charge in [-0.1, -0.05) is 70.1 Å². The van der Waals surface area contributed by atoms with Gasteiger partial charge in [0.1, 0.15) is 15.7 Å². The number of esters is 1. The van der Waals surface area contributed by atoms with Gasteiger partial charge in [0.2, 0.25) is 9.67 Å². The lowest BCUT2D eigenvalue weighted by Gasteiger charge is -2.17. The van der Waals surface area contributed by atoms with Crippen LogP contribution in [0.1, 0.15) is 21.6 Å². The zero-order valence-corrected chi connectivity index (χ0v) is 17.0. The smallest absolute Gasteiger partial charge is 0.343 e. The fourth-order valence-electron chi connectivity index (χ4n) is 1.79. The maximum absolute atomic E-state index is 12.3. The predicted octanol–water partition coefficient (Wildman–Crippen LogP) is 6.18. The number of benzene rings is 1. The lowest BCUT2D eigenvalue weighted by Crippen LogP contribution is -2.13. The van der Waals surface area contributed by atoms with Crippen molar-refractivity contribution in [2.75, 3.05) is 7.11 Å². The van der Waals surface area contributed by atoms with E-state index >= 15 is 0 Å². The summed E-state index contributed by atoms with van der Waals surface area (Å²) in [5.41, 5.74) is 0.922. The van der Waals surface area contributed by atoms with Gasteiger partial charge < -0.3 is 9.47 Å². The average Bonchev–Trinajstić information content (AvgIpc) is 2.57. The maximum atomic E-state index is 12.3. The molecule has 134 valence electrons. The number of pyridine rings is 1. The molecular weight excluding hydrogens is 455 g/mol. The Bertz CT molecular complexity index is 789. The fraction of sp³-hybridized carbons (Fsp3) is 0.200. The van der Waals surface area contributed by atoms with E-state index in [-0.39, 0.29) is 32.9 Å². The number of alkyl halides is 4. The molecule has 0 aliphatic carbocycles. The standard InChI is InChI=1S/C15H9Cl6NO3/c1-24-13-10(18)11(9(17)12(22-13)15(19,20)21)25-14(23)8-4-2-7(6-16)3-5-8/h2-5H,6H2,1H3. The maximum Gasteiger partial charge on any atom is 0.343 e. The quantitative estimate of drug-likeness (QED) is 0.401. The molecule has 0 aliphatic heterocycles. The summed E-state index contributed by atoms with van der Waals surface area (Å²) in [4.78, 5) is 16.3. The summed E-state index contributed by atoms with van der Waals surface area (Å²) in [5.74, 6) is -0.717. The van der Waals surface area contributed by atoms with E-state index in [9.17, 15) is 4.79 Å². The number of halogens is 6. The van der Waals surface area contributed by atoms with Gasteiger partial charge in [-0.3, -0.25) is 0 Å². The monoisotopic (exact) mass is 461 g/mol. The van der Waals surface area contributed by atoms with Crippen molar-refractivity contribution < 1.29 is 14.3 Å². The van der Waals surface area contributed by atoms with Crippen molar-refractivity contribution in [2.45, 2.75) is 9.67 Å². The predicted molar refractivity (Wildman–Crippen MR) is 101 cm³/mol. The van der Waals surface area contributed by atoms with Crippen LogP contribution in [0.4, 0.5) is 0 Å². The van der Waals surface area contributed by atoms with E-state index in [2.05, 4.69) is 4.98 Å². The fourth-order valence-corrected chi connectivity index (χ4v) is 3.15. The third-order valence-electron chi connectivity index (χ3n) is 3.01. The summed E-state index contributed by atoms with van der Waals surface area (Å²) in [6, 6.07) is 6.48. The Kier molecular flexibility index (Phi) is 6.94. The molecular formula is C15H9Cl6NO3. The highest BCUT2D eigenvalue weighted by Gasteiger charge is 2.33. The third kappa shape index (κ3) is 4.76. The van der Waals surface area contributed by atoms with Crippen molar-refractivity contribution in [3.05, 3.63) is 51.1 Å². The molecule has 4 nitrogen and oxygen atoms in total. The second kappa shape index (κ2) is 8.38. The minimum absolute atomic E-state index is 0.104. The van der Waals surface area contributed by atoms with Crippen molar-refractivity contribution in [3.8, 4) is 11.6 Å². The summed E-state index contributed by atoms with van der Waals surface area (Å²) in [6.07, 6.45) is 0. The summed E-state index contributed by atoms with van der Waals surface area (Å²) >= 11 is 35.5. The van der Waals surface area contributed by atoms with E-state index in [1.165, 1.54) is 7.11 Å². The molecule has 0 amide bonds. The van der Waals surface area contributed by atoms with Crippen LogP contribution in [0.5, 0.6) is 11.6 Å². The minimum Gasteiger partial charge on any atom is -0.480 e. The van der Waals surface area contributed by atoms with E-state index in [4.69, 9.17) is 79.1 Å². The number of hydrogen-bond acceptors (Lipinski definition) is 4. The summed E-state index contributed by atoms with van der Waals surface area (Å²) in [5, 5.41) is -0.340. The molecule has 0 atom stereocenters. The lowest BCUT2D eigenvalue weighted by molar-refractivity contribution is 0.0734. The molecule has 0 unspecified atom stereocenters. The van der Waals surface area contributed by atoms with E-state index in [1.807, 2.05) is 0 Å². The Balaban J connectivity index is 2.45. The number of rotatable bonds is 4. The molecule has 1 aromatic carbocycles. The van der Waals surface area contributed by atoms with Gasteiger partial charge in [-0.25, -0.2) is 9.78 Å². The Morgan fingerprint density at radius 2 is 1.72 bits per heavy atom. The molecule has 0 radical (unpaired) electrons. The largest absolute Gasteiger partial charge is 0.480 e. The zero-order chi connectivity index (χ0) is 18.8. The van der Waals surface area contributed by atoms with Crippen LogP contribution < -0.4 is 9.47 Å². The van der Waals surface area contributed by atoms with Gasteiger partial charge >= 0.3 is 5.97 Å². The number of nitrogens with zero attached hydrogens (tertiary/aromatic N) is 1. The molecule has 0 spiro atoms. The molecule has 0 bridgehead atoms. The van der Waals surface area contributed by atoms with Crippen LogP contribution >= 0.6 is 69.6 Å². The summed E-state index contributed by atoms with van der Waals surface area (Å²) < 4.78 is 8.32. The van der Waals surface area contributed by atoms with Crippen LogP contribution in [0.15, 0.2) is 24.3 Å². The molecule has 1 heterocycles. The molecule has 10 heteroatoms. The first-order valence-corrected chi connectivity index (χ1v) is 8.98. The van der Waals surface area contributed by atoms with E-state index in [1.54, 1.807) is 24.3 Å². The van der Waals surface area contributed by atoms with Gasteiger partial charge in [0.15, 0.2) is 5.75 Å². The van der Waals surface area contributed by atoms with Gasteiger partial charge in [-0.2, -0.15) is 0 Å². The second-order valence-corrected chi connectivity index (χ2v) is 7.95. The van der Waals surface area contributed by atoms with Crippen molar-refractivity contribution in [3.63, 3.8) is 0 Å². The molecule has 0 fully saturated rings. The summed E-state index contributed by atoms with van der Waals surface area (Å²) in [6.45, 7) is 0. The highest BCUT2D eigenvalue weighted by Crippen LogP contribution is 2.48. The normalized spacial score (nSPS) is 11.3. The molecule has 0 N–H and O–H groups in total. The van der Waals surface area contributed by atoms with Crippen molar-refractivity contribution in [1.82, 2.24) is 4.98 Å². The molecule has 0 aliphatic rings. The van der Waals surface area contributed by atoms with Crippen LogP contribution in [-0.2, 0) is 9.67 Å². The van der Waals surface area contributed by atoms with Crippen molar-refractivity contribution in [2.24, 2.45) is 0 Å². The van der Waals surface area contributed by atoms with Crippen molar-refractivity contribution >= 4 is 75.6 Å². The van der Waals surface area contributed by atoms with Crippen LogP contribution in [0.2, 0.25) is 10.0 Å². The number of carbonyl (C=O) groups excluding carboxylic acids is 1. The second-order valence-electron chi connectivity index (χ2n) is 4.64. The number of carbonyl (C=O) groups is 1. The van der Waals surface area contributed by atoms with Gasteiger partial charge in [0, 0.05) is 5.88 Å². The molecule has 0 saturated carbocycles. The first kappa shape index (κ1) is 20.7. The highest BCUT2D eigenvalue weighted by molar-refractivity contribution is 6.67. The topological polar surface area (TPSA) is 48.4 Å². The van der Waals surface area contributed by atoms with Crippen LogP contribution in [0.25, 0.3) is 0 Å². The van der Waals surface area contributed by atoms with Gasteiger partial charge in [0.25, 0.3) is 0 Å². The molecule has 0 saturated heterocycles. The van der Waals surface area contributed by atoms with Crippen LogP contribution in [-0.4, -0.2) is 18.1 Å². The SMILES string of the molecule is COc1nc(C(Cl)(Cl)Cl)c(Cl)c(OC(=O)c2ccc(CCl)cc2)c1Cl. The lowest BCUT2D eigenvalue weighted by atomic mass is 10.1. The molecule has 1 aromatic heterocycles. The van der Waals surface area contributed by atoms with Gasteiger partial charge in [-0.15, -0.1) is 11.6 Å². The first-order valence-electron chi connectivity index (χ1n) is 6.56. The Morgan fingerprint density at radius 1 is 1.12 bits per heavy atom. The van der Waals surface area contributed by atoms with E-state index < -0.39 is 9.76 Å². The Morgan fingerprint density at radius 3 is 2.20 bits per heavy atom.